The minimum absolute atomic E-state index is 0.0149. The average Bonchev–Trinajstić information content (AvgIpc) is 2.67. The van der Waals surface area contributed by atoms with Crippen molar-refractivity contribution in [3.8, 4) is 17.2 Å². The van der Waals surface area contributed by atoms with Crippen LogP contribution in [-0.2, 0) is 19.6 Å². The van der Waals surface area contributed by atoms with E-state index < -0.39 is 0 Å². The fourth-order valence-corrected chi connectivity index (χ4v) is 4.37. The summed E-state index contributed by atoms with van der Waals surface area (Å²) in [5.74, 6) is 0.0448. The molecule has 0 spiro atoms. The topological polar surface area (TPSA) is 72.4 Å². The van der Waals surface area contributed by atoms with Gasteiger partial charge in [0.05, 0.1) is 0 Å². The number of aryl methyl sites for hydroxylation is 6. The van der Waals surface area contributed by atoms with Gasteiger partial charge in [-0.3, -0.25) is 4.90 Å². The first-order valence-electron chi connectivity index (χ1n) is 10.6. The molecule has 0 aliphatic carbocycles. The quantitative estimate of drug-likeness (QED) is 0.610. The van der Waals surface area contributed by atoms with Crippen molar-refractivity contribution in [3.05, 3.63) is 86.5 Å². The standard InChI is InChI=1S/C27H33NO3/c1-16-7-19(4)25(29)22(10-16)13-28(14-23-11-17(2)8-20(5)26(23)30)15-24-12-18(3)9-21(6)27(24)31/h7-12,29-31H,13-15H2,1-6H3/p-3. The third-order valence-electron chi connectivity index (χ3n) is 5.67. The van der Waals surface area contributed by atoms with Crippen LogP contribution in [0.1, 0.15) is 50.1 Å². The molecule has 0 saturated heterocycles. The van der Waals surface area contributed by atoms with Gasteiger partial charge in [-0.25, -0.2) is 0 Å². The number of rotatable bonds is 6. The van der Waals surface area contributed by atoms with Gasteiger partial charge in [0.2, 0.25) is 0 Å². The van der Waals surface area contributed by atoms with Crippen LogP contribution >= 0.6 is 0 Å². The third-order valence-corrected chi connectivity index (χ3v) is 5.67. The van der Waals surface area contributed by atoms with Crippen LogP contribution in [-0.4, -0.2) is 4.90 Å². The molecule has 31 heavy (non-hydrogen) atoms. The van der Waals surface area contributed by atoms with E-state index in [1.54, 1.807) is 0 Å². The van der Waals surface area contributed by atoms with Gasteiger partial charge in [0.15, 0.2) is 0 Å². The van der Waals surface area contributed by atoms with Gasteiger partial charge in [0.25, 0.3) is 0 Å². The summed E-state index contributed by atoms with van der Waals surface area (Å²) in [7, 11) is 0. The van der Waals surface area contributed by atoms with Crippen LogP contribution in [0, 0.1) is 41.5 Å². The molecule has 0 aliphatic heterocycles. The second kappa shape index (κ2) is 9.03. The lowest BCUT2D eigenvalue weighted by Crippen LogP contribution is -2.25. The SMILES string of the molecule is Cc1cc(C)c([O-])c(CN(Cc2cc(C)cc(C)c2[O-])Cc2cc(C)cc(C)c2[O-])c1. The van der Waals surface area contributed by atoms with Crippen LogP contribution in [0.25, 0.3) is 0 Å². The Bertz CT molecular complexity index is 977. The van der Waals surface area contributed by atoms with Crippen molar-refractivity contribution in [1.29, 1.82) is 0 Å². The van der Waals surface area contributed by atoms with Gasteiger partial charge in [0, 0.05) is 19.6 Å². The Labute approximate surface area is 185 Å². The molecule has 4 heteroatoms. The molecule has 0 N–H and O–H groups in total. The van der Waals surface area contributed by atoms with E-state index in [2.05, 4.69) is 0 Å². The van der Waals surface area contributed by atoms with Gasteiger partial charge in [-0.2, -0.15) is 0 Å². The van der Waals surface area contributed by atoms with E-state index in [9.17, 15) is 15.3 Å². The molecular weight excluding hydrogens is 386 g/mol. The maximum absolute atomic E-state index is 12.8. The Morgan fingerprint density at radius 2 is 0.742 bits per heavy atom. The molecule has 0 aliphatic rings. The highest BCUT2D eigenvalue weighted by Crippen LogP contribution is 2.29. The van der Waals surface area contributed by atoms with Crippen LogP contribution in [0.15, 0.2) is 36.4 Å². The average molecular weight is 417 g/mol. The van der Waals surface area contributed by atoms with Crippen LogP contribution in [0.2, 0.25) is 0 Å². The molecule has 3 rings (SSSR count). The summed E-state index contributed by atoms with van der Waals surface area (Å²) >= 11 is 0. The van der Waals surface area contributed by atoms with Crippen LogP contribution in [0.5, 0.6) is 17.2 Å². The fourth-order valence-electron chi connectivity index (χ4n) is 4.37. The minimum atomic E-state index is 0.0149. The molecule has 0 heterocycles. The Morgan fingerprint density at radius 1 is 0.484 bits per heavy atom. The van der Waals surface area contributed by atoms with Gasteiger partial charge in [-0.1, -0.05) is 69.8 Å². The van der Waals surface area contributed by atoms with Crippen LogP contribution < -0.4 is 15.3 Å². The number of benzene rings is 3. The summed E-state index contributed by atoms with van der Waals surface area (Å²) in [5, 5.41) is 38.3. The predicted octanol–water partition coefficient (Wildman–Crippen LogP) is 3.96. The maximum Gasteiger partial charge on any atom is 0.0234 e. The zero-order valence-corrected chi connectivity index (χ0v) is 19.3. The molecule has 0 unspecified atom stereocenters. The molecule has 0 amide bonds. The zero-order valence-electron chi connectivity index (χ0n) is 19.3. The highest BCUT2D eigenvalue weighted by atomic mass is 16.3. The van der Waals surface area contributed by atoms with Gasteiger partial charge in [0.1, 0.15) is 0 Å². The predicted molar refractivity (Wildman–Crippen MR) is 119 cm³/mol. The summed E-state index contributed by atoms with van der Waals surface area (Å²) in [6, 6.07) is 11.4. The van der Waals surface area contributed by atoms with Gasteiger partial charge < -0.3 is 15.3 Å². The van der Waals surface area contributed by atoms with Crippen molar-refractivity contribution in [1.82, 2.24) is 4.90 Å². The van der Waals surface area contributed by atoms with Gasteiger partial charge in [-0.05, 0) is 58.2 Å². The molecule has 0 saturated carbocycles. The molecule has 0 bridgehead atoms. The molecule has 0 atom stereocenters. The van der Waals surface area contributed by atoms with Crippen molar-refractivity contribution in [2.45, 2.75) is 61.2 Å². The lowest BCUT2D eigenvalue weighted by molar-refractivity contribution is -0.270. The molecule has 0 radical (unpaired) electrons. The highest BCUT2D eigenvalue weighted by molar-refractivity contribution is 5.45. The van der Waals surface area contributed by atoms with Gasteiger partial charge in [-0.15, -0.1) is 17.2 Å². The van der Waals surface area contributed by atoms with Crippen molar-refractivity contribution in [3.63, 3.8) is 0 Å². The Hall–Kier alpha value is -2.98. The summed E-state index contributed by atoms with van der Waals surface area (Å²) in [4.78, 5) is 2.03. The maximum atomic E-state index is 12.8. The second-order valence-electron chi connectivity index (χ2n) is 8.86. The Morgan fingerprint density at radius 3 is 1.00 bits per heavy atom. The smallest absolute Gasteiger partial charge is 0.0234 e. The van der Waals surface area contributed by atoms with Crippen molar-refractivity contribution >= 4 is 0 Å². The van der Waals surface area contributed by atoms with Crippen molar-refractivity contribution in [2.75, 3.05) is 0 Å². The minimum Gasteiger partial charge on any atom is -0.872 e. The molecule has 4 nitrogen and oxygen atoms in total. The lowest BCUT2D eigenvalue weighted by atomic mass is 10.0. The Balaban J connectivity index is 2.02. The van der Waals surface area contributed by atoms with E-state index in [0.717, 1.165) is 16.7 Å². The zero-order chi connectivity index (χ0) is 22.9. The molecule has 3 aromatic rings. The highest BCUT2D eigenvalue weighted by Gasteiger charge is 2.13. The number of nitrogens with zero attached hydrogens (tertiary/aromatic N) is 1. The summed E-state index contributed by atoms with van der Waals surface area (Å²) < 4.78 is 0. The fraction of sp³-hybridized carbons (Fsp3) is 0.333. The Kier molecular flexibility index (Phi) is 6.61. The number of hydrogen-bond acceptors (Lipinski definition) is 4. The van der Waals surface area contributed by atoms with E-state index in [1.807, 2.05) is 82.8 Å². The summed E-state index contributed by atoms with van der Waals surface area (Å²) in [6.07, 6.45) is 0. The molecule has 0 aromatic heterocycles. The first-order valence-corrected chi connectivity index (χ1v) is 10.6. The first-order chi connectivity index (χ1) is 14.5. The lowest BCUT2D eigenvalue weighted by Gasteiger charge is -2.30. The summed E-state index contributed by atoms with van der Waals surface area (Å²) in [6.45, 7) is 12.5. The van der Waals surface area contributed by atoms with Gasteiger partial charge >= 0.3 is 0 Å². The second-order valence-corrected chi connectivity index (χ2v) is 8.86. The monoisotopic (exact) mass is 416 g/mol. The largest absolute Gasteiger partial charge is 0.872 e. The van der Waals surface area contributed by atoms with E-state index in [4.69, 9.17) is 0 Å². The molecular formula is C27H30NO3-3. The number of hydrogen-bond donors (Lipinski definition) is 0. The molecule has 164 valence electrons. The first kappa shape index (κ1) is 22.7. The normalized spacial score (nSPS) is 11.3. The van der Waals surface area contributed by atoms with E-state index >= 15 is 0 Å². The third kappa shape index (κ3) is 5.20. The molecule has 3 aromatic carbocycles. The summed E-state index contributed by atoms with van der Waals surface area (Å²) in [5.41, 5.74) is 7.27. The van der Waals surface area contributed by atoms with Crippen LogP contribution in [0.4, 0.5) is 0 Å². The van der Waals surface area contributed by atoms with E-state index in [-0.39, 0.29) is 17.2 Å². The van der Waals surface area contributed by atoms with Crippen molar-refractivity contribution in [2.24, 2.45) is 0 Å². The molecule has 0 fully saturated rings. The van der Waals surface area contributed by atoms with E-state index in [0.29, 0.717) is 53.0 Å². The van der Waals surface area contributed by atoms with Crippen molar-refractivity contribution < 1.29 is 15.3 Å². The van der Waals surface area contributed by atoms with Crippen LogP contribution in [0.3, 0.4) is 0 Å². The van der Waals surface area contributed by atoms with E-state index in [1.165, 1.54) is 0 Å².